The second kappa shape index (κ2) is 7.06. The Balaban J connectivity index is 2.46. The van der Waals surface area contributed by atoms with Gasteiger partial charge >= 0.3 is 0 Å². The fraction of sp³-hybridized carbons (Fsp3) is 0.667. The number of aromatic nitrogens is 2. The number of carbonyl (C=O) groups excluding carboxylic acids is 1. The summed E-state index contributed by atoms with van der Waals surface area (Å²) in [4.78, 5) is 15.6. The van der Waals surface area contributed by atoms with Crippen molar-refractivity contribution in [2.45, 2.75) is 45.7 Å². The lowest BCUT2D eigenvalue weighted by Gasteiger charge is -2.12. The second-order valence-corrected chi connectivity index (χ2v) is 4.13. The molecule has 5 nitrogen and oxygen atoms in total. The third-order valence-electron chi connectivity index (χ3n) is 2.72. The smallest absolute Gasteiger partial charge is 0.221 e. The van der Waals surface area contributed by atoms with Gasteiger partial charge in [-0.15, -0.1) is 0 Å². The van der Waals surface area contributed by atoms with Crippen molar-refractivity contribution in [1.29, 1.82) is 0 Å². The fourth-order valence-corrected chi connectivity index (χ4v) is 1.61. The summed E-state index contributed by atoms with van der Waals surface area (Å²) in [5.74, 6) is 0.0802. The Kier molecular flexibility index (Phi) is 5.69. The summed E-state index contributed by atoms with van der Waals surface area (Å²) >= 11 is 0. The van der Waals surface area contributed by atoms with Crippen molar-refractivity contribution in [2.75, 3.05) is 6.54 Å². The molecule has 0 aromatic carbocycles. The van der Waals surface area contributed by atoms with E-state index in [-0.39, 0.29) is 11.9 Å². The van der Waals surface area contributed by atoms with E-state index in [0.717, 1.165) is 25.1 Å². The van der Waals surface area contributed by atoms with Gasteiger partial charge in [-0.3, -0.25) is 4.79 Å². The van der Waals surface area contributed by atoms with E-state index in [1.54, 1.807) is 12.5 Å². The van der Waals surface area contributed by atoms with Crippen LogP contribution in [-0.2, 0) is 11.3 Å². The highest BCUT2D eigenvalue weighted by molar-refractivity contribution is 5.75. The molecule has 0 aliphatic rings. The first-order chi connectivity index (χ1) is 8.19. The first-order valence-electron chi connectivity index (χ1n) is 6.21. The lowest BCUT2D eigenvalue weighted by molar-refractivity contribution is -0.121. The van der Waals surface area contributed by atoms with Gasteiger partial charge in [-0.2, -0.15) is 0 Å². The van der Waals surface area contributed by atoms with Crippen LogP contribution in [0.25, 0.3) is 0 Å². The molecule has 0 aliphatic carbocycles. The first-order valence-corrected chi connectivity index (χ1v) is 6.21. The van der Waals surface area contributed by atoms with Crippen molar-refractivity contribution < 1.29 is 4.79 Å². The van der Waals surface area contributed by atoms with Crippen LogP contribution in [0.2, 0.25) is 0 Å². The molecule has 0 bridgehead atoms. The summed E-state index contributed by atoms with van der Waals surface area (Å²) in [6, 6.07) is -0.00352. The summed E-state index contributed by atoms with van der Waals surface area (Å²) < 4.78 is 1.96. The average Bonchev–Trinajstić information content (AvgIpc) is 2.81. The Morgan fingerprint density at radius 3 is 3.00 bits per heavy atom. The summed E-state index contributed by atoms with van der Waals surface area (Å²) in [5.41, 5.74) is 6.96. The zero-order valence-electron chi connectivity index (χ0n) is 10.6. The molecule has 0 fully saturated rings. The van der Waals surface area contributed by atoms with Crippen LogP contribution in [0.15, 0.2) is 12.5 Å². The van der Waals surface area contributed by atoms with E-state index in [9.17, 15) is 4.79 Å². The molecule has 0 radical (unpaired) electrons. The highest BCUT2D eigenvalue weighted by Crippen LogP contribution is 2.13. The molecule has 96 valence electrons. The molecule has 5 heteroatoms. The quantitative estimate of drug-likeness (QED) is 0.750. The summed E-state index contributed by atoms with van der Waals surface area (Å²) in [5, 5.41) is 2.85. The number of imidazole rings is 1. The van der Waals surface area contributed by atoms with E-state index in [0.29, 0.717) is 13.0 Å². The van der Waals surface area contributed by atoms with Crippen LogP contribution in [0, 0.1) is 0 Å². The van der Waals surface area contributed by atoms with Crippen molar-refractivity contribution in [3.05, 3.63) is 18.2 Å². The van der Waals surface area contributed by atoms with Crippen molar-refractivity contribution >= 4 is 5.91 Å². The predicted octanol–water partition coefficient (Wildman–Crippen LogP) is 1.21. The molecule has 1 aromatic rings. The highest BCUT2D eigenvalue weighted by atomic mass is 16.1. The molecule has 0 saturated carbocycles. The zero-order chi connectivity index (χ0) is 12.7. The van der Waals surface area contributed by atoms with E-state index in [2.05, 4.69) is 10.3 Å². The van der Waals surface area contributed by atoms with Crippen LogP contribution in [0.1, 0.15) is 44.8 Å². The Morgan fingerprint density at radius 2 is 2.35 bits per heavy atom. The van der Waals surface area contributed by atoms with Crippen LogP contribution in [0.3, 0.4) is 0 Å². The van der Waals surface area contributed by atoms with Gasteiger partial charge in [0.2, 0.25) is 5.91 Å². The number of hydrogen-bond acceptors (Lipinski definition) is 3. The third-order valence-corrected chi connectivity index (χ3v) is 2.72. The Bertz CT molecular complexity index is 348. The SMILES string of the molecule is CCCNC(=O)CCn1cncc1[C@H](N)CC. The molecule has 1 amide bonds. The third kappa shape index (κ3) is 4.19. The number of nitrogens with two attached hydrogens (primary N) is 1. The van der Waals surface area contributed by atoms with Gasteiger partial charge in [0.15, 0.2) is 0 Å². The summed E-state index contributed by atoms with van der Waals surface area (Å²) in [7, 11) is 0. The second-order valence-electron chi connectivity index (χ2n) is 4.13. The largest absolute Gasteiger partial charge is 0.356 e. The fourth-order valence-electron chi connectivity index (χ4n) is 1.61. The van der Waals surface area contributed by atoms with Gasteiger partial charge in [-0.25, -0.2) is 4.98 Å². The summed E-state index contributed by atoms with van der Waals surface area (Å²) in [6.07, 6.45) is 5.81. The van der Waals surface area contributed by atoms with Crippen molar-refractivity contribution in [2.24, 2.45) is 5.73 Å². The van der Waals surface area contributed by atoms with Gasteiger partial charge in [-0.05, 0) is 12.8 Å². The van der Waals surface area contributed by atoms with Crippen LogP contribution < -0.4 is 11.1 Å². The number of nitrogens with one attached hydrogen (secondary N) is 1. The van der Waals surface area contributed by atoms with Crippen LogP contribution in [-0.4, -0.2) is 22.0 Å². The molecule has 1 rings (SSSR count). The van der Waals surface area contributed by atoms with E-state index in [1.165, 1.54) is 0 Å². The maximum absolute atomic E-state index is 11.5. The molecular formula is C12H22N4O. The molecule has 3 N–H and O–H groups in total. The number of amides is 1. The molecule has 0 aliphatic heterocycles. The van der Waals surface area contributed by atoms with Crippen molar-refractivity contribution in [3.63, 3.8) is 0 Å². The minimum absolute atomic E-state index is 0.00352. The van der Waals surface area contributed by atoms with E-state index < -0.39 is 0 Å². The van der Waals surface area contributed by atoms with Gasteiger partial charge in [-0.1, -0.05) is 13.8 Å². The zero-order valence-corrected chi connectivity index (χ0v) is 10.6. The molecule has 1 heterocycles. The molecule has 17 heavy (non-hydrogen) atoms. The number of nitrogens with zero attached hydrogens (tertiary/aromatic N) is 2. The van der Waals surface area contributed by atoms with Crippen molar-refractivity contribution in [1.82, 2.24) is 14.9 Å². The molecule has 0 saturated heterocycles. The van der Waals surface area contributed by atoms with E-state index in [4.69, 9.17) is 5.73 Å². The van der Waals surface area contributed by atoms with Gasteiger partial charge in [0.25, 0.3) is 0 Å². The van der Waals surface area contributed by atoms with Gasteiger partial charge in [0.05, 0.1) is 12.0 Å². The number of carbonyl (C=O) groups is 1. The molecule has 0 spiro atoms. The summed E-state index contributed by atoms with van der Waals surface area (Å²) in [6.45, 7) is 5.45. The monoisotopic (exact) mass is 238 g/mol. The van der Waals surface area contributed by atoms with Crippen LogP contribution >= 0.6 is 0 Å². The molecule has 0 unspecified atom stereocenters. The number of hydrogen-bond donors (Lipinski definition) is 2. The average molecular weight is 238 g/mol. The number of rotatable bonds is 7. The Hall–Kier alpha value is -1.36. The Morgan fingerprint density at radius 1 is 1.59 bits per heavy atom. The molecular weight excluding hydrogens is 216 g/mol. The van der Waals surface area contributed by atoms with Crippen molar-refractivity contribution in [3.8, 4) is 0 Å². The van der Waals surface area contributed by atoms with Gasteiger partial charge in [0, 0.05) is 31.7 Å². The highest BCUT2D eigenvalue weighted by Gasteiger charge is 2.10. The van der Waals surface area contributed by atoms with E-state index in [1.807, 2.05) is 18.4 Å². The van der Waals surface area contributed by atoms with Gasteiger partial charge < -0.3 is 15.6 Å². The van der Waals surface area contributed by atoms with Crippen LogP contribution in [0.5, 0.6) is 0 Å². The minimum Gasteiger partial charge on any atom is -0.356 e. The lowest BCUT2D eigenvalue weighted by Crippen LogP contribution is -2.25. The normalized spacial score (nSPS) is 12.4. The topological polar surface area (TPSA) is 72.9 Å². The maximum Gasteiger partial charge on any atom is 0.221 e. The molecule has 1 aromatic heterocycles. The maximum atomic E-state index is 11.5. The lowest BCUT2D eigenvalue weighted by atomic mass is 10.2. The Labute approximate surface area is 102 Å². The first kappa shape index (κ1) is 13.7. The predicted molar refractivity (Wildman–Crippen MR) is 67.4 cm³/mol. The van der Waals surface area contributed by atoms with E-state index >= 15 is 0 Å². The molecule has 1 atom stereocenters. The number of aryl methyl sites for hydroxylation is 1. The van der Waals surface area contributed by atoms with Gasteiger partial charge in [0.1, 0.15) is 0 Å². The minimum atomic E-state index is -0.00352. The standard InChI is InChI=1S/C12H22N4O/c1-3-6-15-12(17)5-7-16-9-14-8-11(16)10(13)4-2/h8-10H,3-7,13H2,1-2H3,(H,15,17)/t10-/m1/s1. The van der Waals surface area contributed by atoms with Crippen LogP contribution in [0.4, 0.5) is 0 Å².